The van der Waals surface area contributed by atoms with Gasteiger partial charge in [0, 0.05) is 12.3 Å². The lowest BCUT2D eigenvalue weighted by Crippen LogP contribution is -2.13. The van der Waals surface area contributed by atoms with Crippen LogP contribution in [0.15, 0.2) is 30.3 Å². The van der Waals surface area contributed by atoms with Crippen LogP contribution in [0.1, 0.15) is 24.3 Å². The SMILES string of the molecule is O=C(O)CC[S+]1CCC(c2ccccc2)C1. The van der Waals surface area contributed by atoms with Gasteiger partial charge in [-0.2, -0.15) is 0 Å². The van der Waals surface area contributed by atoms with E-state index in [1.54, 1.807) is 0 Å². The quantitative estimate of drug-likeness (QED) is 0.816. The average Bonchev–Trinajstić information content (AvgIpc) is 2.76. The standard InChI is InChI=1S/C13H16O2S/c14-13(15)7-9-16-8-6-12(10-16)11-4-2-1-3-5-11/h1-5,12H,6-10H2/p+1. The monoisotopic (exact) mass is 237 g/mol. The molecule has 3 heteroatoms. The summed E-state index contributed by atoms with van der Waals surface area (Å²) in [5.74, 6) is 3.29. The third-order valence-corrected chi connectivity index (χ3v) is 5.54. The van der Waals surface area contributed by atoms with Crippen molar-refractivity contribution in [3.05, 3.63) is 35.9 Å². The molecule has 0 aromatic heterocycles. The fourth-order valence-corrected chi connectivity index (χ4v) is 4.71. The molecule has 16 heavy (non-hydrogen) atoms. The lowest BCUT2D eigenvalue weighted by atomic mass is 9.99. The second-order valence-electron chi connectivity index (χ2n) is 4.23. The van der Waals surface area contributed by atoms with Crippen molar-refractivity contribution >= 4 is 16.9 Å². The number of hydrogen-bond acceptors (Lipinski definition) is 1. The van der Waals surface area contributed by atoms with E-state index in [-0.39, 0.29) is 0 Å². The molecule has 2 nitrogen and oxygen atoms in total. The number of hydrogen-bond donors (Lipinski definition) is 1. The lowest BCUT2D eigenvalue weighted by molar-refractivity contribution is -0.136. The highest BCUT2D eigenvalue weighted by atomic mass is 32.2. The topological polar surface area (TPSA) is 37.3 Å². The molecule has 0 aliphatic carbocycles. The molecule has 1 heterocycles. The highest BCUT2D eigenvalue weighted by Crippen LogP contribution is 2.30. The van der Waals surface area contributed by atoms with E-state index in [0.717, 1.165) is 5.75 Å². The largest absolute Gasteiger partial charge is 0.481 e. The molecule has 0 amide bonds. The summed E-state index contributed by atoms with van der Waals surface area (Å²) in [6.07, 6.45) is 1.57. The van der Waals surface area contributed by atoms with Crippen LogP contribution in [0.25, 0.3) is 0 Å². The Bertz CT molecular complexity index is 350. The number of carboxylic acids is 1. The van der Waals surface area contributed by atoms with Crippen molar-refractivity contribution in [3.63, 3.8) is 0 Å². The minimum atomic E-state index is -0.657. The van der Waals surface area contributed by atoms with Gasteiger partial charge in [0.1, 0.15) is 17.3 Å². The molecule has 2 unspecified atom stereocenters. The summed E-state index contributed by atoms with van der Waals surface area (Å²) in [5.41, 5.74) is 1.42. The van der Waals surface area contributed by atoms with Gasteiger partial charge in [-0.1, -0.05) is 30.3 Å². The van der Waals surface area contributed by atoms with Gasteiger partial charge in [-0.25, -0.2) is 0 Å². The first-order chi connectivity index (χ1) is 7.75. The zero-order valence-corrected chi connectivity index (χ0v) is 10.1. The highest BCUT2D eigenvalue weighted by molar-refractivity contribution is 7.97. The molecule has 1 fully saturated rings. The number of rotatable bonds is 4. The van der Waals surface area contributed by atoms with Crippen LogP contribution in [0.2, 0.25) is 0 Å². The number of carboxylic acid groups (broad SMARTS) is 1. The van der Waals surface area contributed by atoms with Crippen molar-refractivity contribution in [2.75, 3.05) is 17.3 Å². The first-order valence-electron chi connectivity index (χ1n) is 5.66. The van der Waals surface area contributed by atoms with E-state index >= 15 is 0 Å². The average molecular weight is 237 g/mol. The van der Waals surface area contributed by atoms with Gasteiger partial charge in [-0.15, -0.1) is 0 Å². The smallest absolute Gasteiger partial charge is 0.308 e. The fourth-order valence-electron chi connectivity index (χ4n) is 2.17. The molecule has 1 aromatic carbocycles. The van der Waals surface area contributed by atoms with Gasteiger partial charge < -0.3 is 5.11 Å². The van der Waals surface area contributed by atoms with E-state index in [0.29, 0.717) is 23.2 Å². The van der Waals surface area contributed by atoms with Gasteiger partial charge in [0.15, 0.2) is 0 Å². The second-order valence-corrected chi connectivity index (χ2v) is 6.60. The molecule has 0 spiro atoms. The van der Waals surface area contributed by atoms with Crippen molar-refractivity contribution in [3.8, 4) is 0 Å². The minimum Gasteiger partial charge on any atom is -0.481 e. The molecular formula is C13H17O2S+. The van der Waals surface area contributed by atoms with E-state index in [2.05, 4.69) is 24.3 Å². The first kappa shape index (κ1) is 11.5. The minimum absolute atomic E-state index is 0.338. The number of carbonyl (C=O) groups is 1. The predicted molar refractivity (Wildman–Crippen MR) is 68.0 cm³/mol. The third-order valence-electron chi connectivity index (χ3n) is 3.07. The molecule has 1 aromatic rings. The fraction of sp³-hybridized carbons (Fsp3) is 0.462. The molecule has 1 saturated heterocycles. The summed E-state index contributed by atoms with van der Waals surface area (Å²) in [5, 5.41) is 8.66. The van der Waals surface area contributed by atoms with Crippen molar-refractivity contribution < 1.29 is 9.90 Å². The predicted octanol–water partition coefficient (Wildman–Crippen LogP) is 2.27. The molecule has 86 valence electrons. The summed E-state index contributed by atoms with van der Waals surface area (Å²) in [7, 11) is 0.341. The highest BCUT2D eigenvalue weighted by Gasteiger charge is 2.33. The second kappa shape index (κ2) is 5.39. The Morgan fingerprint density at radius 3 is 2.81 bits per heavy atom. The Kier molecular flexibility index (Phi) is 3.88. The van der Waals surface area contributed by atoms with Crippen molar-refractivity contribution in [1.29, 1.82) is 0 Å². The molecule has 1 aliphatic rings. The van der Waals surface area contributed by atoms with E-state index < -0.39 is 5.97 Å². The van der Waals surface area contributed by atoms with E-state index in [4.69, 9.17) is 5.11 Å². The Labute approximate surface area is 99.0 Å². The van der Waals surface area contributed by atoms with Crippen LogP contribution in [0.4, 0.5) is 0 Å². The van der Waals surface area contributed by atoms with Gasteiger partial charge in [-0.05, 0) is 16.5 Å². The third kappa shape index (κ3) is 3.01. The van der Waals surface area contributed by atoms with Gasteiger partial charge in [0.2, 0.25) is 0 Å². The number of aliphatic carboxylic acids is 1. The summed E-state index contributed by atoms with van der Waals surface area (Å²) < 4.78 is 0. The normalized spacial score (nSPS) is 24.5. The van der Waals surface area contributed by atoms with Crippen LogP contribution in [0.5, 0.6) is 0 Å². The summed E-state index contributed by atoms with van der Waals surface area (Å²) in [6.45, 7) is 0. The Balaban J connectivity index is 1.86. The van der Waals surface area contributed by atoms with E-state index in [1.807, 2.05) is 6.07 Å². The maximum Gasteiger partial charge on any atom is 0.308 e. The van der Waals surface area contributed by atoms with Gasteiger partial charge in [0.25, 0.3) is 0 Å². The number of benzene rings is 1. The summed E-state index contributed by atoms with van der Waals surface area (Å²) in [6, 6.07) is 10.6. The molecule has 2 rings (SSSR count). The molecule has 0 bridgehead atoms. The van der Waals surface area contributed by atoms with E-state index in [9.17, 15) is 4.79 Å². The van der Waals surface area contributed by atoms with Gasteiger partial charge in [0.05, 0.1) is 6.42 Å². The van der Waals surface area contributed by atoms with Crippen LogP contribution in [0, 0.1) is 0 Å². The Morgan fingerprint density at radius 1 is 1.38 bits per heavy atom. The van der Waals surface area contributed by atoms with Crippen LogP contribution in [-0.2, 0) is 15.7 Å². The van der Waals surface area contributed by atoms with Crippen LogP contribution in [-0.4, -0.2) is 28.3 Å². The maximum absolute atomic E-state index is 10.5. The van der Waals surface area contributed by atoms with Crippen LogP contribution < -0.4 is 0 Å². The molecule has 1 N–H and O–H groups in total. The van der Waals surface area contributed by atoms with Crippen LogP contribution >= 0.6 is 0 Å². The molecule has 1 aliphatic heterocycles. The molecule has 0 saturated carbocycles. The molecule has 2 atom stereocenters. The Hall–Kier alpha value is -0.960. The van der Waals surface area contributed by atoms with Gasteiger partial charge >= 0.3 is 5.97 Å². The zero-order chi connectivity index (χ0) is 11.4. The summed E-state index contributed by atoms with van der Waals surface area (Å²) >= 11 is 0. The molecular weight excluding hydrogens is 220 g/mol. The first-order valence-corrected chi connectivity index (χ1v) is 7.40. The van der Waals surface area contributed by atoms with Crippen LogP contribution in [0.3, 0.4) is 0 Å². The lowest BCUT2D eigenvalue weighted by Gasteiger charge is -2.05. The van der Waals surface area contributed by atoms with Gasteiger partial charge in [-0.3, -0.25) is 4.79 Å². The van der Waals surface area contributed by atoms with Crippen molar-refractivity contribution in [1.82, 2.24) is 0 Å². The maximum atomic E-state index is 10.5. The van der Waals surface area contributed by atoms with Crippen molar-refractivity contribution in [2.45, 2.75) is 18.8 Å². The van der Waals surface area contributed by atoms with Crippen molar-refractivity contribution in [2.24, 2.45) is 0 Å². The molecule has 0 radical (unpaired) electrons. The van der Waals surface area contributed by atoms with E-state index in [1.165, 1.54) is 23.5 Å². The zero-order valence-electron chi connectivity index (χ0n) is 9.26. The Morgan fingerprint density at radius 2 is 2.12 bits per heavy atom. The summed E-state index contributed by atoms with van der Waals surface area (Å²) in [4.78, 5) is 10.5.